The smallest absolute Gasteiger partial charge is 0.230 e. The third-order valence-corrected chi connectivity index (χ3v) is 8.69. The SMILES string of the molecule is O=C(CSC12CC3CC(CC(C3)C1)C2)NCCN1CCCCC1CO. The van der Waals surface area contributed by atoms with Gasteiger partial charge < -0.3 is 10.4 Å². The van der Waals surface area contributed by atoms with E-state index in [1.165, 1.54) is 51.4 Å². The van der Waals surface area contributed by atoms with Crippen LogP contribution in [0.5, 0.6) is 0 Å². The third kappa shape index (κ3) is 4.19. The summed E-state index contributed by atoms with van der Waals surface area (Å²) in [6.07, 6.45) is 12.0. The summed E-state index contributed by atoms with van der Waals surface area (Å²) in [5.74, 6) is 3.71. The van der Waals surface area contributed by atoms with Gasteiger partial charge in [0.2, 0.25) is 5.91 Å². The summed E-state index contributed by atoms with van der Waals surface area (Å²) in [5, 5.41) is 12.6. The Morgan fingerprint density at radius 1 is 1.12 bits per heavy atom. The number of thioether (sulfide) groups is 1. The summed E-state index contributed by atoms with van der Waals surface area (Å²) in [7, 11) is 0. The lowest BCUT2D eigenvalue weighted by molar-refractivity contribution is -0.118. The first-order valence-electron chi connectivity index (χ1n) is 10.4. The summed E-state index contributed by atoms with van der Waals surface area (Å²) in [6.45, 7) is 2.90. The summed E-state index contributed by atoms with van der Waals surface area (Å²) in [6, 6.07) is 0.298. The Morgan fingerprint density at radius 2 is 1.80 bits per heavy atom. The van der Waals surface area contributed by atoms with Crippen LogP contribution in [0.2, 0.25) is 0 Å². The van der Waals surface area contributed by atoms with Gasteiger partial charge in [0.25, 0.3) is 0 Å². The fourth-order valence-electron chi connectivity index (χ4n) is 6.38. The molecule has 1 unspecified atom stereocenters. The number of nitrogens with zero attached hydrogens (tertiary/aromatic N) is 1. The van der Waals surface area contributed by atoms with Gasteiger partial charge in [0.1, 0.15) is 0 Å². The van der Waals surface area contributed by atoms with Gasteiger partial charge >= 0.3 is 0 Å². The lowest BCUT2D eigenvalue weighted by atomic mass is 9.56. The monoisotopic (exact) mass is 366 g/mol. The van der Waals surface area contributed by atoms with Gasteiger partial charge in [-0.1, -0.05) is 6.42 Å². The Balaban J connectivity index is 1.18. The number of piperidine rings is 1. The van der Waals surface area contributed by atoms with Crippen LogP contribution >= 0.6 is 11.8 Å². The third-order valence-electron chi connectivity index (χ3n) is 7.17. The average Bonchev–Trinajstić information content (AvgIpc) is 2.59. The number of nitrogens with one attached hydrogen (secondary N) is 1. The van der Waals surface area contributed by atoms with Gasteiger partial charge in [-0.05, 0) is 75.7 Å². The first-order chi connectivity index (χ1) is 12.2. The minimum atomic E-state index is 0.207. The molecule has 1 atom stereocenters. The van der Waals surface area contributed by atoms with Crippen LogP contribution in [0.1, 0.15) is 57.8 Å². The first-order valence-corrected chi connectivity index (χ1v) is 11.4. The molecular formula is C20H34N2O2S. The molecule has 5 fully saturated rings. The minimum absolute atomic E-state index is 0.207. The number of carbonyl (C=O) groups is 1. The van der Waals surface area contributed by atoms with E-state index in [0.717, 1.165) is 43.8 Å². The number of hydrogen-bond acceptors (Lipinski definition) is 4. The largest absolute Gasteiger partial charge is 0.395 e. The molecule has 0 aromatic rings. The van der Waals surface area contributed by atoms with Gasteiger partial charge in [-0.15, -0.1) is 11.8 Å². The van der Waals surface area contributed by atoms with Crippen molar-refractivity contribution in [2.45, 2.75) is 68.6 Å². The lowest BCUT2D eigenvalue weighted by Crippen LogP contribution is -2.49. The fourth-order valence-corrected chi connectivity index (χ4v) is 7.98. The van der Waals surface area contributed by atoms with Crippen molar-refractivity contribution in [1.82, 2.24) is 10.2 Å². The van der Waals surface area contributed by atoms with Gasteiger partial charge in [-0.25, -0.2) is 0 Å². The summed E-state index contributed by atoms with van der Waals surface area (Å²) < 4.78 is 0.431. The molecule has 4 nitrogen and oxygen atoms in total. The standard InChI is InChI=1S/C20H34N2O2S/c23-13-18-3-1-2-5-22(18)6-4-21-19(24)14-25-20-10-15-7-16(11-20)9-17(8-15)12-20/h15-18,23H,1-14H2,(H,21,24). The second-order valence-corrected chi connectivity index (χ2v) is 10.6. The van der Waals surface area contributed by atoms with Gasteiger partial charge in [-0.2, -0.15) is 0 Å². The van der Waals surface area contributed by atoms with Crippen LogP contribution in [0.25, 0.3) is 0 Å². The number of amides is 1. The van der Waals surface area contributed by atoms with Crippen molar-refractivity contribution >= 4 is 17.7 Å². The Hall–Kier alpha value is -0.260. The Labute approximate surface area is 156 Å². The van der Waals surface area contributed by atoms with Crippen molar-refractivity contribution in [2.75, 3.05) is 32.0 Å². The quantitative estimate of drug-likeness (QED) is 0.727. The zero-order valence-electron chi connectivity index (χ0n) is 15.4. The maximum atomic E-state index is 12.3. The molecule has 1 aliphatic heterocycles. The predicted molar refractivity (Wildman–Crippen MR) is 103 cm³/mol. The molecule has 1 saturated heterocycles. The van der Waals surface area contributed by atoms with E-state index < -0.39 is 0 Å². The van der Waals surface area contributed by atoms with Gasteiger partial charge in [-0.3, -0.25) is 9.69 Å². The molecule has 142 valence electrons. The molecule has 5 heteroatoms. The van der Waals surface area contributed by atoms with E-state index in [0.29, 0.717) is 16.5 Å². The van der Waals surface area contributed by atoms with Crippen LogP contribution in [-0.4, -0.2) is 58.7 Å². The van der Waals surface area contributed by atoms with Crippen LogP contribution in [0.15, 0.2) is 0 Å². The number of aliphatic hydroxyl groups excluding tert-OH is 1. The van der Waals surface area contributed by atoms with Crippen molar-refractivity contribution in [3.05, 3.63) is 0 Å². The zero-order chi connectivity index (χ0) is 17.3. The second kappa shape index (κ2) is 7.77. The molecule has 5 rings (SSSR count). The van der Waals surface area contributed by atoms with Crippen molar-refractivity contribution in [3.63, 3.8) is 0 Å². The first kappa shape index (κ1) is 18.1. The highest BCUT2D eigenvalue weighted by Gasteiger charge is 2.51. The zero-order valence-corrected chi connectivity index (χ0v) is 16.2. The number of likely N-dealkylation sites (tertiary alicyclic amines) is 1. The number of rotatable bonds is 7. The van der Waals surface area contributed by atoms with Crippen LogP contribution < -0.4 is 5.32 Å². The highest BCUT2D eigenvalue weighted by atomic mass is 32.2. The molecule has 4 bridgehead atoms. The molecule has 2 N–H and O–H groups in total. The van der Waals surface area contributed by atoms with Gasteiger partial charge in [0, 0.05) is 23.9 Å². The average molecular weight is 367 g/mol. The van der Waals surface area contributed by atoms with Crippen LogP contribution in [0.3, 0.4) is 0 Å². The summed E-state index contributed by atoms with van der Waals surface area (Å²) >= 11 is 1.97. The molecule has 4 saturated carbocycles. The summed E-state index contributed by atoms with van der Waals surface area (Å²) in [4.78, 5) is 14.7. The van der Waals surface area contributed by atoms with E-state index in [-0.39, 0.29) is 12.5 Å². The summed E-state index contributed by atoms with van der Waals surface area (Å²) in [5.41, 5.74) is 0. The highest BCUT2D eigenvalue weighted by Crippen LogP contribution is 2.60. The normalized spacial score (nSPS) is 40.4. The van der Waals surface area contributed by atoms with E-state index in [2.05, 4.69) is 10.2 Å². The Morgan fingerprint density at radius 3 is 2.44 bits per heavy atom. The van der Waals surface area contributed by atoms with Crippen molar-refractivity contribution in [1.29, 1.82) is 0 Å². The molecule has 1 heterocycles. The van der Waals surface area contributed by atoms with Crippen molar-refractivity contribution < 1.29 is 9.90 Å². The number of carbonyl (C=O) groups excluding carboxylic acids is 1. The maximum absolute atomic E-state index is 12.3. The van der Waals surface area contributed by atoms with Crippen molar-refractivity contribution in [2.24, 2.45) is 17.8 Å². The van der Waals surface area contributed by atoms with Crippen LogP contribution in [-0.2, 0) is 4.79 Å². The van der Waals surface area contributed by atoms with E-state index >= 15 is 0 Å². The molecule has 0 radical (unpaired) electrons. The Bertz CT molecular complexity index is 449. The molecule has 1 amide bonds. The number of hydrogen-bond donors (Lipinski definition) is 2. The molecular weight excluding hydrogens is 332 g/mol. The minimum Gasteiger partial charge on any atom is -0.395 e. The molecule has 0 spiro atoms. The van der Waals surface area contributed by atoms with Gasteiger partial charge in [0.05, 0.1) is 12.4 Å². The topological polar surface area (TPSA) is 52.6 Å². The molecule has 25 heavy (non-hydrogen) atoms. The molecule has 0 aromatic heterocycles. The van der Waals surface area contributed by atoms with Gasteiger partial charge in [0.15, 0.2) is 0 Å². The highest BCUT2D eigenvalue weighted by molar-refractivity contribution is 8.01. The van der Waals surface area contributed by atoms with Crippen molar-refractivity contribution in [3.8, 4) is 0 Å². The maximum Gasteiger partial charge on any atom is 0.230 e. The van der Waals surface area contributed by atoms with E-state index in [1.807, 2.05) is 11.8 Å². The van der Waals surface area contributed by atoms with Crippen LogP contribution in [0.4, 0.5) is 0 Å². The van der Waals surface area contributed by atoms with E-state index in [4.69, 9.17) is 0 Å². The molecule has 0 aromatic carbocycles. The lowest BCUT2D eigenvalue weighted by Gasteiger charge is -2.56. The Kier molecular flexibility index (Phi) is 5.63. The number of aliphatic hydroxyl groups is 1. The molecule has 5 aliphatic rings. The van der Waals surface area contributed by atoms with E-state index in [9.17, 15) is 9.90 Å². The van der Waals surface area contributed by atoms with Crippen LogP contribution in [0, 0.1) is 17.8 Å². The predicted octanol–water partition coefficient (Wildman–Crippen LogP) is 2.65. The molecule has 4 aliphatic carbocycles. The van der Waals surface area contributed by atoms with E-state index in [1.54, 1.807) is 0 Å². The second-order valence-electron chi connectivity index (χ2n) is 9.11. The fraction of sp³-hybridized carbons (Fsp3) is 0.950.